The highest BCUT2D eigenvalue weighted by Crippen LogP contribution is 2.41. The summed E-state index contributed by atoms with van der Waals surface area (Å²) in [4.78, 5) is 0. The molecule has 1 fully saturated rings. The van der Waals surface area contributed by atoms with Gasteiger partial charge in [-0.05, 0) is 26.2 Å². The Hall–Kier alpha value is -0.970. The zero-order valence-electron chi connectivity index (χ0n) is 8.71. The summed E-state index contributed by atoms with van der Waals surface area (Å²) in [6, 6.07) is 0. The molecule has 84 valence electrons. The van der Waals surface area contributed by atoms with Gasteiger partial charge >= 0.3 is 0 Å². The lowest BCUT2D eigenvalue weighted by atomic mass is 9.74. The van der Waals surface area contributed by atoms with Crippen LogP contribution in [0, 0.1) is 0 Å². The van der Waals surface area contributed by atoms with E-state index in [2.05, 4.69) is 5.10 Å². The van der Waals surface area contributed by atoms with Crippen molar-refractivity contribution in [3.05, 3.63) is 17.5 Å². The molecule has 0 radical (unpaired) electrons. The molecule has 0 spiro atoms. The lowest BCUT2D eigenvalue weighted by Crippen LogP contribution is -2.44. The first-order valence-electron chi connectivity index (χ1n) is 5.21. The topological polar surface area (TPSA) is 43.8 Å². The molecule has 1 saturated carbocycles. The minimum Gasteiger partial charge on any atom is -0.320 e. The molecular weight excluding hydrogens is 200 g/mol. The fourth-order valence-corrected chi connectivity index (χ4v) is 1.94. The Morgan fingerprint density at radius 3 is 2.67 bits per heavy atom. The summed E-state index contributed by atoms with van der Waals surface area (Å²) in [5.41, 5.74) is 5.81. The Kier molecular flexibility index (Phi) is 2.50. The summed E-state index contributed by atoms with van der Waals surface area (Å²) in [5.74, 6) is 0. The SMILES string of the molecule is CCn1cc(C(F)F)c(C2(N)CCC2)n1. The molecule has 1 aliphatic rings. The second kappa shape index (κ2) is 3.56. The Labute approximate surface area is 87.3 Å². The molecule has 1 aromatic heterocycles. The first kappa shape index (κ1) is 10.5. The molecule has 0 unspecified atom stereocenters. The Morgan fingerprint density at radius 1 is 1.60 bits per heavy atom. The predicted molar refractivity (Wildman–Crippen MR) is 52.6 cm³/mol. The average molecular weight is 215 g/mol. The molecule has 0 aromatic carbocycles. The second-order valence-corrected chi connectivity index (χ2v) is 4.10. The van der Waals surface area contributed by atoms with Crippen LogP contribution in [0.4, 0.5) is 8.78 Å². The van der Waals surface area contributed by atoms with Crippen molar-refractivity contribution in [1.82, 2.24) is 9.78 Å². The molecule has 0 saturated heterocycles. The predicted octanol–water partition coefficient (Wildman–Crippen LogP) is 2.18. The number of nitrogens with two attached hydrogens (primary N) is 1. The molecule has 1 aromatic rings. The van der Waals surface area contributed by atoms with Gasteiger partial charge in [0.1, 0.15) is 0 Å². The van der Waals surface area contributed by atoms with E-state index in [-0.39, 0.29) is 5.56 Å². The van der Waals surface area contributed by atoms with Crippen molar-refractivity contribution < 1.29 is 8.78 Å². The minimum absolute atomic E-state index is 0.000880. The standard InChI is InChI=1S/C10H15F2N3/c1-2-15-6-7(9(11)12)8(14-15)10(13)4-3-5-10/h6,9H,2-5,13H2,1H3. The monoisotopic (exact) mass is 215 g/mol. The number of rotatable bonds is 3. The van der Waals surface area contributed by atoms with E-state index in [4.69, 9.17) is 5.73 Å². The molecule has 15 heavy (non-hydrogen) atoms. The van der Waals surface area contributed by atoms with Gasteiger partial charge in [-0.3, -0.25) is 4.68 Å². The van der Waals surface area contributed by atoms with Gasteiger partial charge in [-0.25, -0.2) is 8.78 Å². The number of nitrogens with zero attached hydrogens (tertiary/aromatic N) is 2. The molecule has 0 bridgehead atoms. The number of aromatic nitrogens is 2. The van der Waals surface area contributed by atoms with Gasteiger partial charge in [-0.15, -0.1) is 0 Å². The summed E-state index contributed by atoms with van der Waals surface area (Å²) in [7, 11) is 0. The largest absolute Gasteiger partial charge is 0.320 e. The molecular formula is C10H15F2N3. The van der Waals surface area contributed by atoms with Crippen molar-refractivity contribution in [2.75, 3.05) is 0 Å². The maximum atomic E-state index is 12.8. The fraction of sp³-hybridized carbons (Fsp3) is 0.700. The first-order valence-corrected chi connectivity index (χ1v) is 5.21. The van der Waals surface area contributed by atoms with Gasteiger partial charge in [-0.1, -0.05) is 0 Å². The normalized spacial score (nSPS) is 19.3. The molecule has 0 amide bonds. The molecule has 1 heterocycles. The van der Waals surface area contributed by atoms with Crippen LogP contribution in [0.25, 0.3) is 0 Å². The Bertz CT molecular complexity index is 356. The number of hydrogen-bond donors (Lipinski definition) is 1. The van der Waals surface area contributed by atoms with E-state index in [9.17, 15) is 8.78 Å². The third-order valence-corrected chi connectivity index (χ3v) is 3.07. The van der Waals surface area contributed by atoms with E-state index in [0.29, 0.717) is 12.2 Å². The van der Waals surface area contributed by atoms with E-state index in [1.165, 1.54) is 10.9 Å². The van der Waals surface area contributed by atoms with Gasteiger partial charge in [0.25, 0.3) is 6.43 Å². The van der Waals surface area contributed by atoms with Crippen LogP contribution in [-0.4, -0.2) is 9.78 Å². The van der Waals surface area contributed by atoms with E-state index in [0.717, 1.165) is 19.3 Å². The highest BCUT2D eigenvalue weighted by molar-refractivity contribution is 5.28. The summed E-state index contributed by atoms with van der Waals surface area (Å²) >= 11 is 0. The van der Waals surface area contributed by atoms with Crippen molar-refractivity contribution in [3.8, 4) is 0 Å². The van der Waals surface area contributed by atoms with E-state index >= 15 is 0 Å². The van der Waals surface area contributed by atoms with Crippen LogP contribution in [-0.2, 0) is 12.1 Å². The third kappa shape index (κ3) is 1.65. The van der Waals surface area contributed by atoms with Gasteiger partial charge in [0, 0.05) is 12.7 Å². The molecule has 0 atom stereocenters. The maximum absolute atomic E-state index is 12.8. The third-order valence-electron chi connectivity index (χ3n) is 3.07. The van der Waals surface area contributed by atoms with Crippen LogP contribution in [0.5, 0.6) is 0 Å². The van der Waals surface area contributed by atoms with Crippen molar-refractivity contribution >= 4 is 0 Å². The zero-order chi connectivity index (χ0) is 11.1. The number of halogens is 2. The van der Waals surface area contributed by atoms with E-state index < -0.39 is 12.0 Å². The van der Waals surface area contributed by atoms with Crippen LogP contribution in [0.3, 0.4) is 0 Å². The quantitative estimate of drug-likeness (QED) is 0.839. The fourth-order valence-electron chi connectivity index (χ4n) is 1.94. The van der Waals surface area contributed by atoms with Crippen LogP contribution in [0.1, 0.15) is 43.9 Å². The van der Waals surface area contributed by atoms with Gasteiger partial charge < -0.3 is 5.73 Å². The molecule has 2 N–H and O–H groups in total. The summed E-state index contributed by atoms with van der Waals surface area (Å²) in [6.07, 6.45) is 1.44. The van der Waals surface area contributed by atoms with Gasteiger partial charge in [0.05, 0.1) is 16.8 Å². The lowest BCUT2D eigenvalue weighted by molar-refractivity contribution is 0.143. The van der Waals surface area contributed by atoms with Gasteiger partial charge in [-0.2, -0.15) is 5.10 Å². The number of alkyl halides is 2. The minimum atomic E-state index is -2.48. The number of hydrogen-bond acceptors (Lipinski definition) is 2. The Balaban J connectivity index is 2.39. The van der Waals surface area contributed by atoms with Crippen molar-refractivity contribution in [2.24, 2.45) is 5.73 Å². The van der Waals surface area contributed by atoms with Crippen molar-refractivity contribution in [1.29, 1.82) is 0 Å². The van der Waals surface area contributed by atoms with Gasteiger partial charge in [0.2, 0.25) is 0 Å². The molecule has 2 rings (SSSR count). The maximum Gasteiger partial charge on any atom is 0.267 e. The van der Waals surface area contributed by atoms with E-state index in [1.54, 1.807) is 0 Å². The second-order valence-electron chi connectivity index (χ2n) is 4.10. The highest BCUT2D eigenvalue weighted by Gasteiger charge is 2.40. The summed E-state index contributed by atoms with van der Waals surface area (Å²) in [5, 5.41) is 4.16. The van der Waals surface area contributed by atoms with Crippen LogP contribution < -0.4 is 5.73 Å². The smallest absolute Gasteiger partial charge is 0.267 e. The Morgan fingerprint density at radius 2 is 2.27 bits per heavy atom. The highest BCUT2D eigenvalue weighted by atomic mass is 19.3. The summed E-state index contributed by atoms with van der Waals surface area (Å²) < 4.78 is 27.0. The lowest BCUT2D eigenvalue weighted by Gasteiger charge is -2.37. The van der Waals surface area contributed by atoms with Crippen LogP contribution in [0.15, 0.2) is 6.20 Å². The molecule has 0 aliphatic heterocycles. The average Bonchev–Trinajstić information content (AvgIpc) is 2.58. The first-order chi connectivity index (χ1) is 7.07. The molecule has 5 heteroatoms. The molecule has 3 nitrogen and oxygen atoms in total. The van der Waals surface area contributed by atoms with Crippen LogP contribution >= 0.6 is 0 Å². The molecule has 1 aliphatic carbocycles. The number of aryl methyl sites for hydroxylation is 1. The van der Waals surface area contributed by atoms with E-state index in [1.807, 2.05) is 6.92 Å². The zero-order valence-corrected chi connectivity index (χ0v) is 8.71. The summed E-state index contributed by atoms with van der Waals surface area (Å²) in [6.45, 7) is 2.46. The van der Waals surface area contributed by atoms with Crippen molar-refractivity contribution in [3.63, 3.8) is 0 Å². The van der Waals surface area contributed by atoms with Gasteiger partial charge in [0.15, 0.2) is 0 Å². The van der Waals surface area contributed by atoms with Crippen molar-refractivity contribution in [2.45, 2.75) is 44.7 Å². The van der Waals surface area contributed by atoms with Crippen LogP contribution in [0.2, 0.25) is 0 Å².